The number of aromatic nitrogens is 2. The van der Waals surface area contributed by atoms with Gasteiger partial charge in [0.15, 0.2) is 5.78 Å². The second-order valence-corrected chi connectivity index (χ2v) is 7.98. The lowest BCUT2D eigenvalue weighted by molar-refractivity contribution is 0.0964. The number of ketones is 1. The second kappa shape index (κ2) is 8.61. The summed E-state index contributed by atoms with van der Waals surface area (Å²) in [6.45, 7) is 0.485. The van der Waals surface area contributed by atoms with E-state index in [0.29, 0.717) is 17.4 Å². The first kappa shape index (κ1) is 20.0. The van der Waals surface area contributed by atoms with Crippen LogP contribution in [0.3, 0.4) is 0 Å². The molecule has 6 nitrogen and oxygen atoms in total. The van der Waals surface area contributed by atoms with Gasteiger partial charge >= 0.3 is 0 Å². The Kier molecular flexibility index (Phi) is 5.74. The van der Waals surface area contributed by atoms with Crippen molar-refractivity contribution in [2.24, 2.45) is 7.05 Å². The number of hydrogen-bond acceptors (Lipinski definition) is 6. The highest BCUT2D eigenvalue weighted by Gasteiger charge is 2.25. The molecule has 3 aromatic heterocycles. The quantitative estimate of drug-likeness (QED) is 0.445. The third-order valence-electron chi connectivity index (χ3n) is 5.09. The Balaban J connectivity index is 1.65. The number of hydrogen-bond donors (Lipinski definition) is 2. The molecule has 0 aliphatic heterocycles. The zero-order valence-electron chi connectivity index (χ0n) is 16.4. The molecule has 0 amide bonds. The first-order chi connectivity index (χ1) is 14.6. The number of aromatic hydroxyl groups is 1. The number of aryl methyl sites for hydroxylation is 1. The third-order valence-corrected chi connectivity index (χ3v) is 6.07. The van der Waals surface area contributed by atoms with E-state index in [0.717, 1.165) is 10.6 Å². The monoisotopic (exact) mass is 419 g/mol. The molecule has 4 aromatic rings. The van der Waals surface area contributed by atoms with E-state index in [1.165, 1.54) is 15.9 Å². The highest BCUT2D eigenvalue weighted by atomic mass is 32.1. The SMILES string of the molecule is Cn1c(=O)c(C(=O)CC(NCc2ccccn2)c2cccs2)c(O)c2ccccc21. The molecule has 0 spiro atoms. The molecular weight excluding hydrogens is 398 g/mol. The van der Waals surface area contributed by atoms with Crippen LogP contribution in [0, 0.1) is 0 Å². The number of nitrogens with zero attached hydrogens (tertiary/aromatic N) is 2. The van der Waals surface area contributed by atoms with E-state index < -0.39 is 11.3 Å². The van der Waals surface area contributed by atoms with Crippen molar-refractivity contribution in [3.8, 4) is 5.75 Å². The van der Waals surface area contributed by atoms with Gasteiger partial charge in [0, 0.05) is 42.5 Å². The van der Waals surface area contributed by atoms with Crippen LogP contribution < -0.4 is 10.9 Å². The molecule has 2 N–H and O–H groups in total. The van der Waals surface area contributed by atoms with E-state index in [9.17, 15) is 14.7 Å². The van der Waals surface area contributed by atoms with Gasteiger partial charge in [0.25, 0.3) is 5.56 Å². The number of benzene rings is 1. The van der Waals surface area contributed by atoms with E-state index in [4.69, 9.17) is 0 Å². The predicted molar refractivity (Wildman–Crippen MR) is 118 cm³/mol. The minimum absolute atomic E-state index is 0.0501. The Bertz CT molecular complexity index is 1230. The normalized spacial score (nSPS) is 12.2. The van der Waals surface area contributed by atoms with Crippen LogP contribution in [0.5, 0.6) is 5.75 Å². The maximum Gasteiger partial charge on any atom is 0.265 e. The average molecular weight is 420 g/mol. The fourth-order valence-corrected chi connectivity index (χ4v) is 4.31. The Morgan fingerprint density at radius 1 is 1.17 bits per heavy atom. The summed E-state index contributed by atoms with van der Waals surface area (Å²) in [7, 11) is 1.61. The van der Waals surface area contributed by atoms with Gasteiger partial charge in [-0.05, 0) is 35.7 Å². The van der Waals surface area contributed by atoms with Crippen molar-refractivity contribution in [1.82, 2.24) is 14.9 Å². The smallest absolute Gasteiger partial charge is 0.265 e. The lowest BCUT2D eigenvalue weighted by Gasteiger charge is -2.18. The molecule has 0 bridgehead atoms. The number of fused-ring (bicyclic) bond motifs is 1. The van der Waals surface area contributed by atoms with Gasteiger partial charge in [-0.15, -0.1) is 11.3 Å². The maximum atomic E-state index is 13.2. The van der Waals surface area contributed by atoms with Crippen LogP contribution >= 0.6 is 11.3 Å². The molecule has 0 aliphatic carbocycles. The second-order valence-electron chi connectivity index (χ2n) is 7.00. The van der Waals surface area contributed by atoms with Crippen molar-refractivity contribution in [2.45, 2.75) is 19.0 Å². The van der Waals surface area contributed by atoms with Gasteiger partial charge in [-0.25, -0.2) is 0 Å². The van der Waals surface area contributed by atoms with Gasteiger partial charge in [0.05, 0.1) is 11.2 Å². The molecule has 0 radical (unpaired) electrons. The van der Waals surface area contributed by atoms with Crippen molar-refractivity contribution in [3.05, 3.63) is 92.7 Å². The van der Waals surface area contributed by atoms with Gasteiger partial charge in [-0.1, -0.05) is 24.3 Å². The van der Waals surface area contributed by atoms with Crippen LogP contribution in [0.4, 0.5) is 0 Å². The van der Waals surface area contributed by atoms with Gasteiger partial charge in [-0.2, -0.15) is 0 Å². The standard InChI is InChI=1S/C23H21N3O3S/c1-26-18-9-3-2-8-16(18)22(28)21(23(26)29)19(27)13-17(20-10-6-12-30-20)25-14-15-7-4-5-11-24-15/h2-12,17,25,28H,13-14H2,1H3. The van der Waals surface area contributed by atoms with Crippen LogP contribution in [0.25, 0.3) is 10.9 Å². The van der Waals surface area contributed by atoms with Gasteiger partial charge in [-0.3, -0.25) is 14.6 Å². The summed E-state index contributed by atoms with van der Waals surface area (Å²) in [6.07, 6.45) is 1.77. The number of nitrogens with one attached hydrogen (secondary N) is 1. The minimum Gasteiger partial charge on any atom is -0.506 e. The van der Waals surface area contributed by atoms with Crippen LogP contribution in [0.2, 0.25) is 0 Å². The molecule has 1 aromatic carbocycles. The number of Topliss-reactive ketones (excluding diaryl/α,β-unsaturated/α-hetero) is 1. The average Bonchev–Trinajstić information content (AvgIpc) is 3.31. The summed E-state index contributed by atoms with van der Waals surface area (Å²) in [5.41, 5.74) is 0.777. The molecule has 1 unspecified atom stereocenters. The summed E-state index contributed by atoms with van der Waals surface area (Å²) < 4.78 is 1.41. The summed E-state index contributed by atoms with van der Waals surface area (Å²) in [6, 6.07) is 16.2. The van der Waals surface area contributed by atoms with Crippen molar-refractivity contribution < 1.29 is 9.90 Å². The molecule has 0 fully saturated rings. The fraction of sp³-hybridized carbons (Fsp3) is 0.174. The Hall–Kier alpha value is -3.29. The number of para-hydroxylation sites is 1. The molecule has 0 saturated heterocycles. The maximum absolute atomic E-state index is 13.2. The molecule has 30 heavy (non-hydrogen) atoms. The molecule has 7 heteroatoms. The molecular formula is C23H21N3O3S. The highest BCUT2D eigenvalue weighted by molar-refractivity contribution is 7.10. The molecule has 4 rings (SSSR count). The Labute approximate surface area is 177 Å². The van der Waals surface area contributed by atoms with Crippen molar-refractivity contribution in [1.29, 1.82) is 0 Å². The van der Waals surface area contributed by atoms with Gasteiger partial charge in [0.2, 0.25) is 0 Å². The molecule has 3 heterocycles. The first-order valence-corrected chi connectivity index (χ1v) is 10.4. The van der Waals surface area contributed by atoms with Crippen LogP contribution in [-0.2, 0) is 13.6 Å². The summed E-state index contributed by atoms with van der Waals surface area (Å²) in [5.74, 6) is -0.654. The zero-order chi connectivity index (χ0) is 21.1. The molecule has 1 atom stereocenters. The number of thiophene rings is 1. The number of carbonyl (C=O) groups excluding carboxylic acids is 1. The largest absolute Gasteiger partial charge is 0.506 e. The minimum atomic E-state index is -0.495. The van der Waals surface area contributed by atoms with Crippen molar-refractivity contribution in [2.75, 3.05) is 0 Å². The summed E-state index contributed by atoms with van der Waals surface area (Å²) in [5, 5.41) is 16.5. The summed E-state index contributed by atoms with van der Waals surface area (Å²) >= 11 is 1.54. The number of rotatable bonds is 7. The van der Waals surface area contributed by atoms with E-state index >= 15 is 0 Å². The van der Waals surface area contributed by atoms with Gasteiger partial charge in [0.1, 0.15) is 11.3 Å². The zero-order valence-corrected chi connectivity index (χ0v) is 17.2. The predicted octanol–water partition coefficient (Wildman–Crippen LogP) is 3.80. The van der Waals surface area contributed by atoms with E-state index in [1.54, 1.807) is 37.5 Å². The lowest BCUT2D eigenvalue weighted by Crippen LogP contribution is -2.28. The van der Waals surface area contributed by atoms with Crippen LogP contribution in [0.15, 0.2) is 71.0 Å². The molecule has 0 saturated carbocycles. The van der Waals surface area contributed by atoms with E-state index in [2.05, 4.69) is 10.3 Å². The molecule has 152 valence electrons. The highest BCUT2D eigenvalue weighted by Crippen LogP contribution is 2.29. The third kappa shape index (κ3) is 3.90. The summed E-state index contributed by atoms with van der Waals surface area (Å²) in [4.78, 5) is 31.3. The Morgan fingerprint density at radius 3 is 2.70 bits per heavy atom. The van der Waals surface area contributed by atoms with E-state index in [-0.39, 0.29) is 23.8 Å². The molecule has 0 aliphatic rings. The first-order valence-electron chi connectivity index (χ1n) is 9.57. The fourth-order valence-electron chi connectivity index (χ4n) is 3.51. The topological polar surface area (TPSA) is 84.2 Å². The van der Waals surface area contributed by atoms with Crippen molar-refractivity contribution in [3.63, 3.8) is 0 Å². The van der Waals surface area contributed by atoms with Crippen LogP contribution in [0.1, 0.15) is 33.4 Å². The number of pyridine rings is 2. The van der Waals surface area contributed by atoms with Gasteiger partial charge < -0.3 is 15.0 Å². The van der Waals surface area contributed by atoms with Crippen LogP contribution in [-0.4, -0.2) is 20.4 Å². The Morgan fingerprint density at radius 2 is 1.97 bits per heavy atom. The lowest BCUT2D eigenvalue weighted by atomic mass is 10.0. The van der Waals surface area contributed by atoms with Crippen molar-refractivity contribution >= 4 is 28.0 Å². The number of carbonyl (C=O) groups is 1. The van der Waals surface area contributed by atoms with E-state index in [1.807, 2.05) is 35.7 Å².